The number of pyridine rings is 1. The van der Waals surface area contributed by atoms with E-state index < -0.39 is 6.09 Å². The summed E-state index contributed by atoms with van der Waals surface area (Å²) in [6, 6.07) is 20.3. The van der Waals surface area contributed by atoms with Crippen molar-refractivity contribution in [1.82, 2.24) is 14.5 Å². The highest BCUT2D eigenvalue weighted by Gasteiger charge is 2.09. The van der Waals surface area contributed by atoms with Crippen LogP contribution >= 0.6 is 0 Å². The molecule has 0 bridgehead atoms. The minimum atomic E-state index is -0.987. The van der Waals surface area contributed by atoms with Gasteiger partial charge in [-0.25, -0.2) is 9.78 Å². The maximum atomic E-state index is 12.6. The molecule has 0 aliphatic carbocycles. The van der Waals surface area contributed by atoms with Gasteiger partial charge in [0, 0.05) is 48.3 Å². The fourth-order valence-electron chi connectivity index (χ4n) is 3.19. The second kappa shape index (κ2) is 8.08. The van der Waals surface area contributed by atoms with Crippen molar-refractivity contribution in [2.45, 2.75) is 6.54 Å². The number of hydrogen-bond acceptors (Lipinski definition) is 3. The number of nitrogens with one attached hydrogen (secondary N) is 1. The second-order valence-electron chi connectivity index (χ2n) is 6.94. The van der Waals surface area contributed by atoms with E-state index in [9.17, 15) is 9.59 Å². The number of hydrogen-bond donors (Lipinski definition) is 2. The van der Waals surface area contributed by atoms with Crippen LogP contribution in [0.2, 0.25) is 0 Å². The number of carbonyl (C=O) groups excluding carboxylic acids is 1. The molecule has 2 amide bonds. The monoisotopic (exact) mass is 400 g/mol. The van der Waals surface area contributed by atoms with Gasteiger partial charge in [0.1, 0.15) is 5.65 Å². The summed E-state index contributed by atoms with van der Waals surface area (Å²) in [7, 11) is 1.51. The first-order chi connectivity index (χ1) is 14.5. The van der Waals surface area contributed by atoms with Crippen molar-refractivity contribution in [2.24, 2.45) is 0 Å². The average molecular weight is 400 g/mol. The van der Waals surface area contributed by atoms with Crippen LogP contribution in [0.1, 0.15) is 15.9 Å². The first-order valence-corrected chi connectivity index (χ1v) is 9.38. The van der Waals surface area contributed by atoms with Crippen LogP contribution in [0.5, 0.6) is 0 Å². The summed E-state index contributed by atoms with van der Waals surface area (Å²) in [5, 5.41) is 12.8. The van der Waals surface area contributed by atoms with E-state index in [4.69, 9.17) is 5.11 Å². The SMILES string of the molecule is CN(Cc1ccc(NC(=O)c2ccc(-n3ccc4cccnc43)cc2)cc1)C(=O)O. The minimum Gasteiger partial charge on any atom is -0.465 e. The highest BCUT2D eigenvalue weighted by molar-refractivity contribution is 6.04. The van der Waals surface area contributed by atoms with Crippen LogP contribution in [0.25, 0.3) is 16.7 Å². The molecule has 2 heterocycles. The Morgan fingerprint density at radius 3 is 2.47 bits per heavy atom. The molecular weight excluding hydrogens is 380 g/mol. The number of amides is 2. The number of benzene rings is 2. The molecule has 2 aromatic heterocycles. The Morgan fingerprint density at radius 1 is 1.03 bits per heavy atom. The van der Waals surface area contributed by atoms with Gasteiger partial charge in [-0.1, -0.05) is 12.1 Å². The van der Waals surface area contributed by atoms with E-state index in [1.165, 1.54) is 11.9 Å². The molecule has 0 saturated carbocycles. The van der Waals surface area contributed by atoms with Gasteiger partial charge < -0.3 is 19.9 Å². The van der Waals surface area contributed by atoms with Crippen LogP contribution < -0.4 is 5.32 Å². The quantitative estimate of drug-likeness (QED) is 0.520. The third kappa shape index (κ3) is 4.00. The van der Waals surface area contributed by atoms with Gasteiger partial charge in [0.25, 0.3) is 5.91 Å². The van der Waals surface area contributed by atoms with Gasteiger partial charge in [0.2, 0.25) is 0 Å². The second-order valence-corrected chi connectivity index (χ2v) is 6.94. The van der Waals surface area contributed by atoms with Crippen LogP contribution in [-0.4, -0.2) is 38.6 Å². The summed E-state index contributed by atoms with van der Waals surface area (Å²) in [4.78, 5) is 29.1. The van der Waals surface area contributed by atoms with Crippen molar-refractivity contribution >= 4 is 28.7 Å². The molecule has 0 aliphatic heterocycles. The lowest BCUT2D eigenvalue weighted by Crippen LogP contribution is -2.23. The fraction of sp³-hybridized carbons (Fsp3) is 0.0870. The molecule has 4 rings (SSSR count). The summed E-state index contributed by atoms with van der Waals surface area (Å²) in [5.41, 5.74) is 3.81. The molecule has 4 aromatic rings. The molecule has 2 N–H and O–H groups in total. The number of rotatable bonds is 5. The highest BCUT2D eigenvalue weighted by Crippen LogP contribution is 2.19. The fourth-order valence-corrected chi connectivity index (χ4v) is 3.19. The van der Waals surface area contributed by atoms with Crippen LogP contribution in [0, 0.1) is 0 Å². The normalized spacial score (nSPS) is 10.7. The zero-order valence-electron chi connectivity index (χ0n) is 16.3. The van der Waals surface area contributed by atoms with E-state index >= 15 is 0 Å². The van der Waals surface area contributed by atoms with Crippen molar-refractivity contribution in [3.05, 3.63) is 90.3 Å². The van der Waals surface area contributed by atoms with E-state index in [0.29, 0.717) is 11.3 Å². The van der Waals surface area contributed by atoms with Gasteiger partial charge in [-0.2, -0.15) is 0 Å². The number of fused-ring (bicyclic) bond motifs is 1. The topological polar surface area (TPSA) is 87.5 Å². The van der Waals surface area contributed by atoms with Gasteiger partial charge in [0.15, 0.2) is 0 Å². The zero-order chi connectivity index (χ0) is 21.1. The molecule has 0 atom stereocenters. The minimum absolute atomic E-state index is 0.215. The maximum Gasteiger partial charge on any atom is 0.407 e. The molecule has 150 valence electrons. The Morgan fingerprint density at radius 2 is 1.77 bits per heavy atom. The van der Waals surface area contributed by atoms with E-state index in [0.717, 1.165) is 22.3 Å². The Labute approximate surface area is 173 Å². The van der Waals surface area contributed by atoms with E-state index in [-0.39, 0.29) is 12.5 Å². The highest BCUT2D eigenvalue weighted by atomic mass is 16.4. The number of carboxylic acid groups (broad SMARTS) is 1. The van der Waals surface area contributed by atoms with Crippen molar-refractivity contribution < 1.29 is 14.7 Å². The van der Waals surface area contributed by atoms with Crippen molar-refractivity contribution in [3.8, 4) is 5.69 Å². The third-order valence-corrected chi connectivity index (χ3v) is 4.81. The zero-order valence-corrected chi connectivity index (χ0v) is 16.3. The van der Waals surface area contributed by atoms with E-state index in [1.54, 1.807) is 42.6 Å². The Balaban J connectivity index is 1.44. The van der Waals surface area contributed by atoms with Crippen LogP contribution in [0.15, 0.2) is 79.1 Å². The maximum absolute atomic E-state index is 12.6. The Bertz CT molecular complexity index is 1200. The molecule has 30 heavy (non-hydrogen) atoms. The number of anilines is 1. The Kier molecular flexibility index (Phi) is 5.17. The summed E-state index contributed by atoms with van der Waals surface area (Å²) < 4.78 is 1.98. The smallest absolute Gasteiger partial charge is 0.407 e. The van der Waals surface area contributed by atoms with Gasteiger partial charge in [0.05, 0.1) is 0 Å². The van der Waals surface area contributed by atoms with Crippen LogP contribution in [-0.2, 0) is 6.54 Å². The largest absolute Gasteiger partial charge is 0.465 e. The lowest BCUT2D eigenvalue weighted by atomic mass is 10.1. The number of aromatic nitrogens is 2. The van der Waals surface area contributed by atoms with E-state index in [2.05, 4.69) is 10.3 Å². The molecule has 7 heteroatoms. The van der Waals surface area contributed by atoms with Gasteiger partial charge in [-0.15, -0.1) is 0 Å². The average Bonchev–Trinajstić information content (AvgIpc) is 3.19. The molecule has 7 nitrogen and oxygen atoms in total. The van der Waals surface area contributed by atoms with Crippen LogP contribution in [0.3, 0.4) is 0 Å². The first-order valence-electron chi connectivity index (χ1n) is 9.38. The molecule has 0 unspecified atom stereocenters. The summed E-state index contributed by atoms with van der Waals surface area (Å²) in [6.07, 6.45) is 2.72. The predicted octanol–water partition coefficient (Wildman–Crippen LogP) is 4.39. The van der Waals surface area contributed by atoms with Crippen LogP contribution in [0.4, 0.5) is 10.5 Å². The predicted molar refractivity (Wildman–Crippen MR) is 115 cm³/mol. The molecule has 2 aromatic carbocycles. The van der Waals surface area contributed by atoms with Crippen molar-refractivity contribution in [3.63, 3.8) is 0 Å². The standard InChI is InChI=1S/C23H20N4O3/c1-26(23(29)30)15-16-4-8-19(9-5-16)25-22(28)18-6-10-20(11-7-18)27-14-12-17-3-2-13-24-21(17)27/h2-14H,15H2,1H3,(H,25,28)(H,29,30). The summed E-state index contributed by atoms with van der Waals surface area (Å²) >= 11 is 0. The molecule has 0 radical (unpaired) electrons. The first kappa shape index (κ1) is 19.2. The van der Waals surface area contributed by atoms with Gasteiger partial charge in [-0.3, -0.25) is 4.79 Å². The number of carbonyl (C=O) groups is 2. The number of nitrogens with zero attached hydrogens (tertiary/aromatic N) is 3. The molecular formula is C23H20N4O3. The molecule has 0 aliphatic rings. The summed E-state index contributed by atoms with van der Waals surface area (Å²) in [5.74, 6) is -0.215. The van der Waals surface area contributed by atoms with Crippen molar-refractivity contribution in [1.29, 1.82) is 0 Å². The summed E-state index contributed by atoms with van der Waals surface area (Å²) in [6.45, 7) is 0.286. The van der Waals surface area contributed by atoms with Crippen molar-refractivity contribution in [2.75, 3.05) is 12.4 Å². The third-order valence-electron chi connectivity index (χ3n) is 4.81. The van der Waals surface area contributed by atoms with E-state index in [1.807, 2.05) is 41.1 Å². The molecule has 0 fully saturated rings. The van der Waals surface area contributed by atoms with Gasteiger partial charge >= 0.3 is 6.09 Å². The molecule has 0 saturated heterocycles. The lowest BCUT2D eigenvalue weighted by Gasteiger charge is -2.13. The van der Waals surface area contributed by atoms with Gasteiger partial charge in [-0.05, 0) is 60.2 Å². The Hall–Kier alpha value is -4.13. The molecule has 0 spiro atoms. The lowest BCUT2D eigenvalue weighted by molar-refractivity contribution is 0.102.